The molecule has 0 spiro atoms. The highest BCUT2D eigenvalue weighted by Crippen LogP contribution is 2.10. The van der Waals surface area contributed by atoms with E-state index in [4.69, 9.17) is 5.26 Å². The molecule has 0 aliphatic rings. The number of benzene rings is 1. The van der Waals surface area contributed by atoms with Crippen molar-refractivity contribution in [3.05, 3.63) is 54.2 Å². The highest BCUT2D eigenvalue weighted by molar-refractivity contribution is 5.99. The van der Waals surface area contributed by atoms with Crippen LogP contribution in [0, 0.1) is 11.3 Å². The number of nitrogens with zero attached hydrogens (tertiary/aromatic N) is 2. The van der Waals surface area contributed by atoms with Crippen molar-refractivity contribution < 1.29 is 4.79 Å². The summed E-state index contributed by atoms with van der Waals surface area (Å²) in [5.41, 5.74) is 1.05. The quantitative estimate of drug-likeness (QED) is 0.844. The van der Waals surface area contributed by atoms with Crippen LogP contribution in [0.1, 0.15) is 5.56 Å². The molecule has 2 amide bonds. The normalized spacial score (nSPS) is 9.28. The molecular formula is C13H10N4O. The number of rotatable bonds is 2. The van der Waals surface area contributed by atoms with E-state index in [9.17, 15) is 4.79 Å². The summed E-state index contributed by atoms with van der Waals surface area (Å²) < 4.78 is 0. The van der Waals surface area contributed by atoms with Gasteiger partial charge in [-0.2, -0.15) is 5.26 Å². The summed E-state index contributed by atoms with van der Waals surface area (Å²) in [6.07, 6.45) is 1.59. The Bertz CT molecular complexity index is 589. The number of amides is 2. The van der Waals surface area contributed by atoms with Gasteiger partial charge < -0.3 is 5.32 Å². The van der Waals surface area contributed by atoms with Crippen LogP contribution in [0.4, 0.5) is 16.3 Å². The number of nitriles is 1. The Morgan fingerprint density at radius 3 is 2.78 bits per heavy atom. The summed E-state index contributed by atoms with van der Waals surface area (Å²) in [7, 11) is 0. The molecule has 18 heavy (non-hydrogen) atoms. The molecule has 0 bridgehead atoms. The number of nitrogens with one attached hydrogen (secondary N) is 2. The van der Waals surface area contributed by atoms with E-state index in [1.165, 1.54) is 0 Å². The summed E-state index contributed by atoms with van der Waals surface area (Å²) in [5.74, 6) is 0.464. The molecule has 0 aliphatic heterocycles. The first-order valence-electron chi connectivity index (χ1n) is 5.27. The van der Waals surface area contributed by atoms with Gasteiger partial charge in [0.25, 0.3) is 0 Å². The number of hydrogen-bond donors (Lipinski definition) is 2. The minimum atomic E-state index is -0.399. The van der Waals surface area contributed by atoms with Crippen molar-refractivity contribution in [2.24, 2.45) is 0 Å². The average molecular weight is 238 g/mol. The van der Waals surface area contributed by atoms with E-state index in [2.05, 4.69) is 15.6 Å². The molecule has 2 aromatic rings. The van der Waals surface area contributed by atoms with E-state index in [0.717, 1.165) is 0 Å². The van der Waals surface area contributed by atoms with Crippen LogP contribution in [0.3, 0.4) is 0 Å². The molecule has 0 unspecified atom stereocenters. The number of urea groups is 1. The van der Waals surface area contributed by atoms with Crippen LogP contribution in [0.25, 0.3) is 0 Å². The van der Waals surface area contributed by atoms with E-state index in [1.54, 1.807) is 48.7 Å². The first-order valence-corrected chi connectivity index (χ1v) is 5.27. The standard InChI is InChI=1S/C13H10N4O/c14-9-10-4-3-5-11(8-10)16-13(18)17-12-6-1-2-7-15-12/h1-8H,(H2,15,16,17,18). The van der Waals surface area contributed by atoms with Gasteiger partial charge in [0, 0.05) is 11.9 Å². The summed E-state index contributed by atoms with van der Waals surface area (Å²) in [6, 6.07) is 13.5. The second-order valence-corrected chi connectivity index (χ2v) is 3.49. The van der Waals surface area contributed by atoms with E-state index >= 15 is 0 Å². The first kappa shape index (κ1) is 11.6. The minimum absolute atomic E-state index is 0.399. The van der Waals surface area contributed by atoms with Crippen LogP contribution in [0.2, 0.25) is 0 Å². The zero-order valence-electron chi connectivity index (χ0n) is 9.42. The fourth-order valence-corrected chi connectivity index (χ4v) is 1.38. The molecule has 1 aromatic carbocycles. The summed E-state index contributed by atoms with van der Waals surface area (Å²) >= 11 is 0. The highest BCUT2D eigenvalue weighted by atomic mass is 16.2. The van der Waals surface area contributed by atoms with Crippen LogP contribution in [-0.2, 0) is 0 Å². The Labute approximate surface area is 104 Å². The maximum absolute atomic E-state index is 11.6. The summed E-state index contributed by atoms with van der Waals surface area (Å²) in [5, 5.41) is 14.0. The number of anilines is 2. The fraction of sp³-hybridized carbons (Fsp3) is 0. The maximum Gasteiger partial charge on any atom is 0.324 e. The molecule has 88 valence electrons. The highest BCUT2D eigenvalue weighted by Gasteiger charge is 2.03. The van der Waals surface area contributed by atoms with Crippen LogP contribution in [-0.4, -0.2) is 11.0 Å². The molecular weight excluding hydrogens is 228 g/mol. The molecule has 1 aromatic heterocycles. The van der Waals surface area contributed by atoms with Gasteiger partial charge in [0.15, 0.2) is 0 Å². The van der Waals surface area contributed by atoms with Crippen molar-refractivity contribution in [1.82, 2.24) is 4.98 Å². The van der Waals surface area contributed by atoms with Crippen LogP contribution < -0.4 is 10.6 Å². The number of carbonyl (C=O) groups excluding carboxylic acids is 1. The third kappa shape index (κ3) is 3.06. The van der Waals surface area contributed by atoms with Gasteiger partial charge in [0.2, 0.25) is 0 Å². The van der Waals surface area contributed by atoms with Crippen LogP contribution in [0.15, 0.2) is 48.7 Å². The predicted molar refractivity (Wildman–Crippen MR) is 68.0 cm³/mol. The van der Waals surface area contributed by atoms with Gasteiger partial charge in [-0.25, -0.2) is 9.78 Å². The van der Waals surface area contributed by atoms with Crippen molar-refractivity contribution in [3.8, 4) is 6.07 Å². The van der Waals surface area contributed by atoms with Gasteiger partial charge in [-0.15, -0.1) is 0 Å². The summed E-state index contributed by atoms with van der Waals surface area (Å²) in [4.78, 5) is 15.6. The van der Waals surface area contributed by atoms with Crippen molar-refractivity contribution >= 4 is 17.5 Å². The second kappa shape index (κ2) is 5.46. The van der Waals surface area contributed by atoms with E-state index in [0.29, 0.717) is 17.1 Å². The molecule has 0 saturated heterocycles. The Morgan fingerprint density at radius 1 is 1.17 bits per heavy atom. The third-order valence-corrected chi connectivity index (χ3v) is 2.16. The maximum atomic E-state index is 11.6. The first-order chi connectivity index (χ1) is 8.78. The number of carbonyl (C=O) groups is 1. The third-order valence-electron chi connectivity index (χ3n) is 2.16. The lowest BCUT2D eigenvalue weighted by atomic mass is 10.2. The molecule has 0 atom stereocenters. The molecule has 2 N–H and O–H groups in total. The number of pyridine rings is 1. The van der Waals surface area contributed by atoms with Gasteiger partial charge >= 0.3 is 6.03 Å². The average Bonchev–Trinajstić information content (AvgIpc) is 2.40. The molecule has 0 saturated carbocycles. The van der Waals surface area contributed by atoms with Crippen molar-refractivity contribution in [2.75, 3.05) is 10.6 Å². The van der Waals surface area contributed by atoms with Crippen molar-refractivity contribution in [3.63, 3.8) is 0 Å². The smallest absolute Gasteiger partial charge is 0.308 e. The monoisotopic (exact) mass is 238 g/mol. The molecule has 1 heterocycles. The van der Waals surface area contributed by atoms with E-state index in [-0.39, 0.29) is 0 Å². The lowest BCUT2D eigenvalue weighted by Crippen LogP contribution is -2.19. The lowest BCUT2D eigenvalue weighted by molar-refractivity contribution is 0.262. The molecule has 5 heteroatoms. The molecule has 0 fully saturated rings. The SMILES string of the molecule is N#Cc1cccc(NC(=O)Nc2ccccn2)c1. The van der Waals surface area contributed by atoms with Crippen LogP contribution >= 0.6 is 0 Å². The zero-order valence-corrected chi connectivity index (χ0v) is 9.42. The van der Waals surface area contributed by atoms with Gasteiger partial charge in [-0.05, 0) is 30.3 Å². The minimum Gasteiger partial charge on any atom is -0.308 e. The number of hydrogen-bond acceptors (Lipinski definition) is 3. The van der Waals surface area contributed by atoms with E-state index in [1.807, 2.05) is 6.07 Å². The molecule has 0 radical (unpaired) electrons. The lowest BCUT2D eigenvalue weighted by Gasteiger charge is -2.06. The second-order valence-electron chi connectivity index (χ2n) is 3.49. The van der Waals surface area contributed by atoms with Crippen molar-refractivity contribution in [2.45, 2.75) is 0 Å². The van der Waals surface area contributed by atoms with Gasteiger partial charge in [0.05, 0.1) is 11.6 Å². The van der Waals surface area contributed by atoms with Crippen LogP contribution in [0.5, 0.6) is 0 Å². The van der Waals surface area contributed by atoms with Crippen molar-refractivity contribution in [1.29, 1.82) is 5.26 Å². The Balaban J connectivity index is 2.01. The van der Waals surface area contributed by atoms with Gasteiger partial charge in [0.1, 0.15) is 5.82 Å². The molecule has 0 aliphatic carbocycles. The Kier molecular flexibility index (Phi) is 3.52. The Morgan fingerprint density at radius 2 is 2.06 bits per heavy atom. The topological polar surface area (TPSA) is 77.8 Å². The predicted octanol–water partition coefficient (Wildman–Crippen LogP) is 2.60. The molecule has 2 rings (SSSR count). The number of aromatic nitrogens is 1. The van der Waals surface area contributed by atoms with Gasteiger partial charge in [-0.1, -0.05) is 12.1 Å². The molecule has 5 nitrogen and oxygen atoms in total. The fourth-order valence-electron chi connectivity index (χ4n) is 1.38. The largest absolute Gasteiger partial charge is 0.324 e. The Hall–Kier alpha value is -2.87. The van der Waals surface area contributed by atoms with Gasteiger partial charge in [-0.3, -0.25) is 5.32 Å². The zero-order chi connectivity index (χ0) is 12.8. The van der Waals surface area contributed by atoms with E-state index < -0.39 is 6.03 Å². The summed E-state index contributed by atoms with van der Waals surface area (Å²) in [6.45, 7) is 0.